The molecule has 0 saturated heterocycles. The summed E-state index contributed by atoms with van der Waals surface area (Å²) >= 11 is 0. The molecule has 0 aromatic rings. The lowest BCUT2D eigenvalue weighted by Gasteiger charge is -2.19. The fourth-order valence-corrected chi connectivity index (χ4v) is 1.47. The number of unbranched alkanes of at least 4 members (excludes halogenated alkanes) is 3. The van der Waals surface area contributed by atoms with Gasteiger partial charge in [-0.3, -0.25) is 0 Å². The van der Waals surface area contributed by atoms with Crippen molar-refractivity contribution in [2.75, 3.05) is 6.54 Å². The molecular weight excluding hydrogens is 172 g/mol. The van der Waals surface area contributed by atoms with Gasteiger partial charge in [-0.2, -0.15) is 0 Å². The van der Waals surface area contributed by atoms with E-state index in [1.807, 2.05) is 30.5 Å². The van der Waals surface area contributed by atoms with Crippen LogP contribution in [0.4, 0.5) is 0 Å². The Morgan fingerprint density at radius 3 is 2.79 bits per heavy atom. The van der Waals surface area contributed by atoms with Crippen LogP contribution in [-0.4, -0.2) is 11.4 Å². The van der Waals surface area contributed by atoms with E-state index in [1.165, 1.54) is 25.7 Å². The van der Waals surface area contributed by atoms with Crippen molar-refractivity contribution in [3.8, 4) is 0 Å². The summed E-state index contributed by atoms with van der Waals surface area (Å²) in [6.45, 7) is 3.25. The maximum atomic E-state index is 5.88. The van der Waals surface area contributed by atoms with Gasteiger partial charge in [0.2, 0.25) is 0 Å². The van der Waals surface area contributed by atoms with Crippen LogP contribution < -0.4 is 5.73 Å². The first-order chi connectivity index (χ1) is 6.84. The molecule has 2 N–H and O–H groups in total. The molecule has 14 heavy (non-hydrogen) atoms. The normalized spacial score (nSPS) is 15.5. The maximum Gasteiger partial charge on any atom is 0.103 e. The second-order valence-corrected chi connectivity index (χ2v) is 3.57. The number of nitrogens with zero attached hydrogens (tertiary/aromatic N) is 1. The van der Waals surface area contributed by atoms with Gasteiger partial charge in [0.25, 0.3) is 0 Å². The molecule has 0 amide bonds. The van der Waals surface area contributed by atoms with E-state index >= 15 is 0 Å². The highest BCUT2D eigenvalue weighted by atomic mass is 15.2. The van der Waals surface area contributed by atoms with Crippen molar-refractivity contribution in [2.45, 2.75) is 32.6 Å². The standard InChI is InChI=1S/C12H20N2/c1-2-3-4-7-10-14-11-8-5-6-9-12(14)13/h5-6,8-9,11H,2-4,7,10,13H2,1H3. The molecule has 78 valence electrons. The SMILES string of the molecule is CCCCCCN1C=CC=CC=C1N. The van der Waals surface area contributed by atoms with Crippen LogP contribution in [0.2, 0.25) is 0 Å². The highest BCUT2D eigenvalue weighted by Crippen LogP contribution is 2.07. The highest BCUT2D eigenvalue weighted by Gasteiger charge is 2.02. The lowest BCUT2D eigenvalue weighted by Crippen LogP contribution is -2.23. The Labute approximate surface area is 86.8 Å². The van der Waals surface area contributed by atoms with Gasteiger partial charge < -0.3 is 10.6 Å². The average Bonchev–Trinajstić information content (AvgIpc) is 2.39. The molecule has 0 unspecified atom stereocenters. The summed E-state index contributed by atoms with van der Waals surface area (Å²) in [5, 5.41) is 0. The molecule has 0 spiro atoms. The molecule has 1 heterocycles. The summed E-state index contributed by atoms with van der Waals surface area (Å²) in [4.78, 5) is 2.11. The minimum atomic E-state index is 0.839. The average molecular weight is 192 g/mol. The molecule has 0 atom stereocenters. The van der Waals surface area contributed by atoms with Crippen LogP contribution in [0.5, 0.6) is 0 Å². The summed E-state index contributed by atoms with van der Waals surface area (Å²) in [7, 11) is 0. The Kier molecular flexibility index (Phi) is 4.90. The maximum absolute atomic E-state index is 5.88. The Balaban J connectivity index is 2.29. The van der Waals surface area contributed by atoms with Gasteiger partial charge in [-0.25, -0.2) is 0 Å². The van der Waals surface area contributed by atoms with Crippen LogP contribution in [0.1, 0.15) is 32.6 Å². The van der Waals surface area contributed by atoms with Crippen molar-refractivity contribution in [3.05, 3.63) is 36.3 Å². The smallest absolute Gasteiger partial charge is 0.103 e. The molecule has 0 radical (unpaired) electrons. The van der Waals surface area contributed by atoms with Crippen molar-refractivity contribution in [2.24, 2.45) is 5.73 Å². The molecule has 0 saturated carbocycles. The third-order valence-corrected chi connectivity index (χ3v) is 2.34. The first-order valence-electron chi connectivity index (χ1n) is 5.42. The number of rotatable bonds is 5. The Hall–Kier alpha value is -1.18. The van der Waals surface area contributed by atoms with Crippen LogP contribution >= 0.6 is 0 Å². The first-order valence-corrected chi connectivity index (χ1v) is 5.42. The number of hydrogen-bond acceptors (Lipinski definition) is 2. The molecule has 0 aliphatic carbocycles. The second-order valence-electron chi connectivity index (χ2n) is 3.57. The van der Waals surface area contributed by atoms with Crippen LogP contribution in [-0.2, 0) is 0 Å². The Bertz CT molecular complexity index is 239. The fourth-order valence-electron chi connectivity index (χ4n) is 1.47. The third-order valence-electron chi connectivity index (χ3n) is 2.34. The molecule has 1 aliphatic heterocycles. The number of hydrogen-bond donors (Lipinski definition) is 1. The molecule has 1 rings (SSSR count). The van der Waals surface area contributed by atoms with E-state index in [9.17, 15) is 0 Å². The van der Waals surface area contributed by atoms with Crippen molar-refractivity contribution in [1.82, 2.24) is 4.90 Å². The molecule has 0 bridgehead atoms. The molecule has 2 heteroatoms. The topological polar surface area (TPSA) is 29.3 Å². The van der Waals surface area contributed by atoms with Gasteiger partial charge in [-0.15, -0.1) is 0 Å². The van der Waals surface area contributed by atoms with Gasteiger partial charge in [0.05, 0.1) is 0 Å². The second kappa shape index (κ2) is 6.30. The van der Waals surface area contributed by atoms with Gasteiger partial charge in [0.1, 0.15) is 5.82 Å². The molecule has 0 fully saturated rings. The molecule has 0 aromatic heterocycles. The molecule has 2 nitrogen and oxygen atoms in total. The molecule has 0 aromatic carbocycles. The minimum Gasteiger partial charge on any atom is -0.385 e. The van der Waals surface area contributed by atoms with Gasteiger partial charge >= 0.3 is 0 Å². The van der Waals surface area contributed by atoms with Crippen LogP contribution in [0.3, 0.4) is 0 Å². The van der Waals surface area contributed by atoms with Crippen molar-refractivity contribution in [3.63, 3.8) is 0 Å². The summed E-state index contributed by atoms with van der Waals surface area (Å²) in [5.41, 5.74) is 5.88. The zero-order valence-corrected chi connectivity index (χ0v) is 8.95. The Morgan fingerprint density at radius 2 is 2.00 bits per heavy atom. The van der Waals surface area contributed by atoms with Crippen molar-refractivity contribution >= 4 is 0 Å². The van der Waals surface area contributed by atoms with Gasteiger partial charge in [0, 0.05) is 12.7 Å². The summed E-state index contributed by atoms with van der Waals surface area (Å²) in [6, 6.07) is 0. The monoisotopic (exact) mass is 192 g/mol. The number of nitrogens with two attached hydrogens (primary N) is 1. The predicted molar refractivity (Wildman–Crippen MR) is 61.4 cm³/mol. The Morgan fingerprint density at radius 1 is 1.14 bits per heavy atom. The van der Waals surface area contributed by atoms with Crippen molar-refractivity contribution < 1.29 is 0 Å². The largest absolute Gasteiger partial charge is 0.385 e. The van der Waals surface area contributed by atoms with Crippen LogP contribution in [0, 0.1) is 0 Å². The molecule has 1 aliphatic rings. The zero-order valence-electron chi connectivity index (χ0n) is 8.95. The minimum absolute atomic E-state index is 0.839. The summed E-state index contributed by atoms with van der Waals surface area (Å²) in [5.74, 6) is 0.839. The van der Waals surface area contributed by atoms with Crippen LogP contribution in [0.15, 0.2) is 36.3 Å². The zero-order chi connectivity index (χ0) is 10.2. The van der Waals surface area contributed by atoms with Crippen molar-refractivity contribution in [1.29, 1.82) is 0 Å². The summed E-state index contributed by atoms with van der Waals surface area (Å²) in [6.07, 6.45) is 15.1. The van der Waals surface area contributed by atoms with E-state index in [0.717, 1.165) is 12.4 Å². The first kappa shape index (κ1) is 10.9. The lowest BCUT2D eigenvalue weighted by atomic mass is 10.2. The number of allylic oxidation sites excluding steroid dienone is 4. The molecular formula is C12H20N2. The fraction of sp³-hybridized carbons (Fsp3) is 0.500. The highest BCUT2D eigenvalue weighted by molar-refractivity contribution is 5.19. The van der Waals surface area contributed by atoms with E-state index in [2.05, 4.69) is 11.8 Å². The van der Waals surface area contributed by atoms with E-state index in [1.54, 1.807) is 0 Å². The van der Waals surface area contributed by atoms with E-state index in [0.29, 0.717) is 0 Å². The van der Waals surface area contributed by atoms with Crippen LogP contribution in [0.25, 0.3) is 0 Å². The van der Waals surface area contributed by atoms with E-state index in [4.69, 9.17) is 5.73 Å². The van der Waals surface area contributed by atoms with Gasteiger partial charge in [0.15, 0.2) is 0 Å². The van der Waals surface area contributed by atoms with E-state index < -0.39 is 0 Å². The predicted octanol–water partition coefficient (Wildman–Crippen LogP) is 2.75. The summed E-state index contributed by atoms with van der Waals surface area (Å²) < 4.78 is 0. The van der Waals surface area contributed by atoms with Gasteiger partial charge in [-0.1, -0.05) is 38.3 Å². The lowest BCUT2D eigenvalue weighted by molar-refractivity contribution is 0.435. The van der Waals surface area contributed by atoms with E-state index in [-0.39, 0.29) is 0 Å². The quantitative estimate of drug-likeness (QED) is 0.679. The third kappa shape index (κ3) is 3.69. The van der Waals surface area contributed by atoms with Gasteiger partial charge in [-0.05, 0) is 18.6 Å².